The van der Waals surface area contributed by atoms with E-state index in [0.717, 1.165) is 49.7 Å². The zero-order valence-electron chi connectivity index (χ0n) is 19.8. The second-order valence-electron chi connectivity index (χ2n) is 9.78. The first-order valence-electron chi connectivity index (χ1n) is 12.3. The molecule has 0 saturated heterocycles. The van der Waals surface area contributed by atoms with Crippen molar-refractivity contribution in [2.45, 2.75) is 87.7 Å². The highest BCUT2D eigenvalue weighted by Crippen LogP contribution is 2.53. The van der Waals surface area contributed by atoms with Crippen LogP contribution in [0.3, 0.4) is 0 Å². The lowest BCUT2D eigenvalue weighted by Crippen LogP contribution is -2.36. The summed E-state index contributed by atoms with van der Waals surface area (Å²) in [5, 5.41) is 21.8. The quantitative estimate of drug-likeness (QED) is 0.214. The second-order valence-corrected chi connectivity index (χ2v) is 10.3. The maximum absolute atomic E-state index is 11.2. The van der Waals surface area contributed by atoms with E-state index in [1.54, 1.807) is 0 Å². The molecule has 2 N–H and O–H groups in total. The molecule has 2 saturated carbocycles. The highest BCUT2D eigenvalue weighted by Gasteiger charge is 2.44. The standard InChI is InChI=1S/C28H39ClO4/c1-3-4-16-28(17-9-18-28)27(32)21-14-12-20(13-15-21)26-22(23(29)19-24(26)30)10-7-5-6-8-11-25(31)33-2/h3,5-6,12-15,22-24,26-27,30,32H,1,4,7-11,16-19H2,2H3/b6-5+/t22-,23+,24+,26+,27?/m0/s1. The van der Waals surface area contributed by atoms with Gasteiger partial charge in [0.1, 0.15) is 0 Å². The minimum absolute atomic E-state index is 0.000547. The van der Waals surface area contributed by atoms with Gasteiger partial charge >= 0.3 is 5.97 Å². The van der Waals surface area contributed by atoms with E-state index < -0.39 is 12.2 Å². The van der Waals surface area contributed by atoms with Gasteiger partial charge in [-0.3, -0.25) is 4.79 Å². The fourth-order valence-corrected chi connectivity index (χ4v) is 6.12. The molecule has 5 heteroatoms. The van der Waals surface area contributed by atoms with E-state index in [4.69, 9.17) is 11.6 Å². The van der Waals surface area contributed by atoms with Crippen molar-refractivity contribution in [1.29, 1.82) is 0 Å². The van der Waals surface area contributed by atoms with Crippen molar-refractivity contribution in [2.24, 2.45) is 11.3 Å². The normalized spacial score (nSPS) is 27.3. The van der Waals surface area contributed by atoms with E-state index in [-0.39, 0.29) is 28.6 Å². The third kappa shape index (κ3) is 6.29. The molecule has 0 spiro atoms. The molecular weight excluding hydrogens is 436 g/mol. The molecule has 2 fully saturated rings. The van der Waals surface area contributed by atoms with Crippen molar-refractivity contribution < 1.29 is 19.7 Å². The Morgan fingerprint density at radius 3 is 2.55 bits per heavy atom. The maximum Gasteiger partial charge on any atom is 0.305 e. The average Bonchev–Trinajstić information content (AvgIpc) is 3.07. The summed E-state index contributed by atoms with van der Waals surface area (Å²) in [7, 11) is 1.40. The molecule has 2 aliphatic rings. The zero-order valence-corrected chi connectivity index (χ0v) is 20.6. The van der Waals surface area contributed by atoms with Gasteiger partial charge in [0.15, 0.2) is 0 Å². The van der Waals surface area contributed by atoms with E-state index in [9.17, 15) is 15.0 Å². The highest BCUT2D eigenvalue weighted by atomic mass is 35.5. The molecule has 0 aromatic heterocycles. The van der Waals surface area contributed by atoms with E-state index in [2.05, 4.69) is 29.5 Å². The first-order valence-corrected chi connectivity index (χ1v) is 12.8. The van der Waals surface area contributed by atoms with Crippen LogP contribution in [0, 0.1) is 11.3 Å². The molecule has 5 atom stereocenters. The Bertz CT molecular complexity index is 799. The summed E-state index contributed by atoms with van der Waals surface area (Å²) in [6.07, 6.45) is 13.8. The molecule has 0 aliphatic heterocycles. The largest absolute Gasteiger partial charge is 0.469 e. The molecule has 1 aromatic rings. The predicted octanol–water partition coefficient (Wildman–Crippen LogP) is 6.22. The fourth-order valence-electron chi connectivity index (χ4n) is 5.65. The van der Waals surface area contributed by atoms with Crippen LogP contribution in [-0.2, 0) is 9.53 Å². The van der Waals surface area contributed by atoms with Crippen LogP contribution in [-0.4, -0.2) is 34.8 Å². The molecule has 2 aliphatic carbocycles. The van der Waals surface area contributed by atoms with Crippen LogP contribution in [0.4, 0.5) is 0 Å². The van der Waals surface area contributed by atoms with Crippen molar-refractivity contribution in [3.8, 4) is 0 Å². The van der Waals surface area contributed by atoms with Gasteiger partial charge in [0, 0.05) is 23.1 Å². The molecule has 4 nitrogen and oxygen atoms in total. The van der Waals surface area contributed by atoms with Gasteiger partial charge in [-0.15, -0.1) is 18.2 Å². The Balaban J connectivity index is 1.62. The summed E-state index contributed by atoms with van der Waals surface area (Å²) in [6.45, 7) is 3.84. The van der Waals surface area contributed by atoms with Gasteiger partial charge in [0.2, 0.25) is 0 Å². The monoisotopic (exact) mass is 474 g/mol. The van der Waals surface area contributed by atoms with Crippen LogP contribution in [0.1, 0.15) is 87.4 Å². The number of benzene rings is 1. The molecule has 33 heavy (non-hydrogen) atoms. The number of carbonyl (C=O) groups is 1. The van der Waals surface area contributed by atoms with Crippen molar-refractivity contribution in [3.05, 3.63) is 60.2 Å². The van der Waals surface area contributed by atoms with Gasteiger partial charge < -0.3 is 14.9 Å². The number of carbonyl (C=O) groups excluding carboxylic acids is 1. The number of aliphatic hydroxyl groups is 2. The number of ether oxygens (including phenoxy) is 1. The topological polar surface area (TPSA) is 66.8 Å². The summed E-state index contributed by atoms with van der Waals surface area (Å²) < 4.78 is 4.66. The smallest absolute Gasteiger partial charge is 0.305 e. The minimum Gasteiger partial charge on any atom is -0.469 e. The Morgan fingerprint density at radius 2 is 1.94 bits per heavy atom. The Morgan fingerprint density at radius 1 is 1.24 bits per heavy atom. The minimum atomic E-state index is -0.458. The highest BCUT2D eigenvalue weighted by molar-refractivity contribution is 6.21. The molecule has 0 radical (unpaired) electrons. The lowest BCUT2D eigenvalue weighted by atomic mass is 9.61. The first-order chi connectivity index (χ1) is 15.9. The molecule has 0 amide bonds. The van der Waals surface area contributed by atoms with E-state index >= 15 is 0 Å². The van der Waals surface area contributed by atoms with Gasteiger partial charge in [-0.05, 0) is 68.4 Å². The van der Waals surface area contributed by atoms with Crippen LogP contribution in [0.5, 0.6) is 0 Å². The van der Waals surface area contributed by atoms with Crippen molar-refractivity contribution in [2.75, 3.05) is 7.11 Å². The number of hydrogen-bond donors (Lipinski definition) is 2. The summed E-state index contributed by atoms with van der Waals surface area (Å²) in [5.74, 6) is -0.00851. The lowest BCUT2D eigenvalue weighted by Gasteiger charge is -2.46. The van der Waals surface area contributed by atoms with Crippen molar-refractivity contribution in [3.63, 3.8) is 0 Å². The third-order valence-corrected chi connectivity index (χ3v) is 8.30. The Kier molecular flexibility index (Phi) is 9.60. The van der Waals surface area contributed by atoms with Gasteiger partial charge in [-0.1, -0.05) is 48.9 Å². The van der Waals surface area contributed by atoms with Crippen LogP contribution in [0.2, 0.25) is 0 Å². The second kappa shape index (κ2) is 12.2. The van der Waals surface area contributed by atoms with E-state index in [0.29, 0.717) is 19.3 Å². The summed E-state index contributed by atoms with van der Waals surface area (Å²) in [5.41, 5.74) is 2.03. The first kappa shape index (κ1) is 26.0. The van der Waals surface area contributed by atoms with Gasteiger partial charge in [0.05, 0.1) is 19.3 Å². The number of rotatable bonds is 12. The fraction of sp³-hybridized carbons (Fsp3) is 0.607. The molecule has 1 unspecified atom stereocenters. The van der Waals surface area contributed by atoms with Gasteiger partial charge in [-0.2, -0.15) is 0 Å². The van der Waals surface area contributed by atoms with Crippen molar-refractivity contribution >= 4 is 17.6 Å². The summed E-state index contributed by atoms with van der Waals surface area (Å²) >= 11 is 6.64. The number of alkyl halides is 1. The Hall–Kier alpha value is -1.62. The number of hydrogen-bond acceptors (Lipinski definition) is 4. The Labute approximate surface area is 203 Å². The molecular formula is C28H39ClO4. The molecule has 0 bridgehead atoms. The van der Waals surface area contributed by atoms with Gasteiger partial charge in [0.25, 0.3) is 0 Å². The number of aliphatic hydroxyl groups excluding tert-OH is 2. The molecule has 3 rings (SSSR count). The average molecular weight is 475 g/mol. The van der Waals surface area contributed by atoms with Crippen LogP contribution in [0.15, 0.2) is 49.1 Å². The molecule has 182 valence electrons. The number of allylic oxidation sites excluding steroid dienone is 3. The number of methoxy groups -OCH3 is 1. The van der Waals surface area contributed by atoms with E-state index in [1.807, 2.05) is 24.3 Å². The maximum atomic E-state index is 11.2. The van der Waals surface area contributed by atoms with Crippen molar-refractivity contribution in [1.82, 2.24) is 0 Å². The lowest BCUT2D eigenvalue weighted by molar-refractivity contribution is -0.140. The third-order valence-electron chi connectivity index (χ3n) is 7.80. The van der Waals surface area contributed by atoms with E-state index in [1.165, 1.54) is 13.5 Å². The summed E-state index contributed by atoms with van der Waals surface area (Å²) in [4.78, 5) is 11.2. The van der Waals surface area contributed by atoms with Gasteiger partial charge in [-0.25, -0.2) is 0 Å². The van der Waals surface area contributed by atoms with Crippen LogP contribution >= 0.6 is 11.6 Å². The number of esters is 1. The molecule has 1 aromatic carbocycles. The summed E-state index contributed by atoms with van der Waals surface area (Å²) in [6, 6.07) is 8.21. The predicted molar refractivity (Wildman–Crippen MR) is 133 cm³/mol. The van der Waals surface area contributed by atoms with Crippen LogP contribution in [0.25, 0.3) is 0 Å². The zero-order chi connectivity index (χ0) is 23.8. The van der Waals surface area contributed by atoms with Crippen LogP contribution < -0.4 is 0 Å². The molecule has 0 heterocycles. The SMILES string of the molecule is C=CCCC1(C(O)c2ccc([C@@H]3[C@@H](CC/C=C/CCC(=O)OC)[C@H](Cl)C[C@H]3O)cc2)CCC1. The number of halogens is 1.